The van der Waals surface area contributed by atoms with Crippen LogP contribution in [0.2, 0.25) is 0 Å². The van der Waals surface area contributed by atoms with Crippen LogP contribution < -0.4 is 10.2 Å². The molecule has 1 heterocycles. The maximum absolute atomic E-state index is 12.9. The van der Waals surface area contributed by atoms with E-state index in [-0.39, 0.29) is 11.5 Å². The Bertz CT molecular complexity index is 960. The van der Waals surface area contributed by atoms with Crippen LogP contribution >= 0.6 is 0 Å². The molecule has 1 N–H and O–H groups in total. The summed E-state index contributed by atoms with van der Waals surface area (Å²) in [7, 11) is -1.49. The van der Waals surface area contributed by atoms with Crippen LogP contribution in [-0.4, -0.2) is 51.5 Å². The Morgan fingerprint density at radius 1 is 1.11 bits per heavy atom. The molecule has 0 aliphatic carbocycles. The quantitative estimate of drug-likeness (QED) is 0.744. The molecule has 2 aromatic carbocycles. The van der Waals surface area contributed by atoms with Gasteiger partial charge in [-0.2, -0.15) is 0 Å². The van der Waals surface area contributed by atoms with Crippen molar-refractivity contribution in [3.05, 3.63) is 60.2 Å². The molecule has 3 rings (SSSR count). The molecule has 1 aliphatic rings. The fourth-order valence-electron chi connectivity index (χ4n) is 3.28. The Labute approximate surface area is 164 Å². The molecule has 0 bridgehead atoms. The second kappa shape index (κ2) is 8.43. The lowest BCUT2D eigenvalue weighted by molar-refractivity contribution is -0.122. The number of esters is 1. The molecule has 1 atom stereocenters. The van der Waals surface area contributed by atoms with E-state index in [4.69, 9.17) is 4.74 Å². The number of carbonyl (C=O) groups excluding carboxylic acids is 2. The summed E-state index contributed by atoms with van der Waals surface area (Å²) in [5.74, 6) is -1.12. The number of para-hydroxylation sites is 2. The molecular formula is C20H22N2O5S. The number of hydrogen-bond donors (Lipinski definition) is 1. The molecule has 28 heavy (non-hydrogen) atoms. The van der Waals surface area contributed by atoms with E-state index in [2.05, 4.69) is 5.32 Å². The number of rotatable bonds is 6. The highest BCUT2D eigenvalue weighted by molar-refractivity contribution is 7.91. The van der Waals surface area contributed by atoms with Crippen LogP contribution in [0, 0.1) is 0 Å². The summed E-state index contributed by atoms with van der Waals surface area (Å²) < 4.78 is 29.0. The lowest BCUT2D eigenvalue weighted by Crippen LogP contribution is -2.43. The average Bonchev–Trinajstić information content (AvgIpc) is 3.06. The summed E-state index contributed by atoms with van der Waals surface area (Å²) in [6.07, 6.45) is 0.361. The molecule has 1 saturated heterocycles. The zero-order valence-corrected chi connectivity index (χ0v) is 16.3. The van der Waals surface area contributed by atoms with Gasteiger partial charge < -0.3 is 15.0 Å². The largest absolute Gasteiger partial charge is 0.452 e. The molecule has 0 aromatic heterocycles. The summed E-state index contributed by atoms with van der Waals surface area (Å²) in [5, 5.41) is 2.90. The highest BCUT2D eigenvalue weighted by Gasteiger charge is 2.35. The normalized spacial score (nSPS) is 17.7. The minimum absolute atomic E-state index is 0.0453. The Morgan fingerprint density at radius 3 is 2.43 bits per heavy atom. The number of anilines is 2. The van der Waals surface area contributed by atoms with E-state index < -0.39 is 34.4 Å². The number of carbonyl (C=O) groups is 2. The van der Waals surface area contributed by atoms with Crippen LogP contribution in [0.1, 0.15) is 16.8 Å². The standard InChI is InChI=1S/C20H22N2O5S/c1-21-18-10-6-5-9-17(18)20(24)27-13-19(23)22(15-7-3-2-4-8-15)16-11-12-28(25,26)14-16/h2-10,16,21H,11-14H2,1H3/t16-/m0/s1. The van der Waals surface area contributed by atoms with E-state index in [9.17, 15) is 18.0 Å². The molecule has 0 spiro atoms. The van der Waals surface area contributed by atoms with Gasteiger partial charge in [0.15, 0.2) is 16.4 Å². The van der Waals surface area contributed by atoms with E-state index in [1.54, 1.807) is 55.6 Å². The third-order valence-corrected chi connectivity index (χ3v) is 6.37. The van der Waals surface area contributed by atoms with Gasteiger partial charge in [-0.15, -0.1) is 0 Å². The molecule has 0 saturated carbocycles. The van der Waals surface area contributed by atoms with E-state index >= 15 is 0 Å². The first kappa shape index (κ1) is 19.9. The molecule has 1 fully saturated rings. The first-order chi connectivity index (χ1) is 13.4. The Balaban J connectivity index is 1.76. The number of hydrogen-bond acceptors (Lipinski definition) is 6. The number of nitrogens with one attached hydrogen (secondary N) is 1. The molecule has 1 aliphatic heterocycles. The van der Waals surface area contributed by atoms with Crippen molar-refractivity contribution in [1.29, 1.82) is 0 Å². The number of amides is 1. The Morgan fingerprint density at radius 2 is 1.79 bits per heavy atom. The predicted molar refractivity (Wildman–Crippen MR) is 107 cm³/mol. The molecule has 7 nitrogen and oxygen atoms in total. The molecule has 0 unspecified atom stereocenters. The average molecular weight is 402 g/mol. The summed E-state index contributed by atoms with van der Waals surface area (Å²) >= 11 is 0. The minimum Gasteiger partial charge on any atom is -0.452 e. The highest BCUT2D eigenvalue weighted by Crippen LogP contribution is 2.25. The minimum atomic E-state index is -3.18. The van der Waals surface area contributed by atoms with Crippen molar-refractivity contribution in [3.8, 4) is 0 Å². The summed E-state index contributed by atoms with van der Waals surface area (Å²) in [6.45, 7) is -0.470. The third kappa shape index (κ3) is 4.51. The lowest BCUT2D eigenvalue weighted by Gasteiger charge is -2.28. The number of sulfone groups is 1. The number of ether oxygens (including phenoxy) is 1. The Kier molecular flexibility index (Phi) is 5.99. The van der Waals surface area contributed by atoms with Crippen LogP contribution in [0.5, 0.6) is 0 Å². The molecule has 148 valence electrons. The van der Waals surface area contributed by atoms with Gasteiger partial charge in [-0.3, -0.25) is 4.79 Å². The van der Waals surface area contributed by atoms with Crippen LogP contribution in [0.15, 0.2) is 54.6 Å². The van der Waals surface area contributed by atoms with Gasteiger partial charge in [-0.25, -0.2) is 13.2 Å². The lowest BCUT2D eigenvalue weighted by atomic mass is 10.1. The second-order valence-electron chi connectivity index (χ2n) is 6.53. The first-order valence-corrected chi connectivity index (χ1v) is 10.7. The molecule has 1 amide bonds. The highest BCUT2D eigenvalue weighted by atomic mass is 32.2. The van der Waals surface area contributed by atoms with Gasteiger partial charge in [0.05, 0.1) is 23.1 Å². The zero-order valence-electron chi connectivity index (χ0n) is 15.5. The fourth-order valence-corrected chi connectivity index (χ4v) is 4.98. The summed E-state index contributed by atoms with van der Waals surface area (Å²) in [4.78, 5) is 26.7. The van der Waals surface area contributed by atoms with Gasteiger partial charge >= 0.3 is 5.97 Å². The monoisotopic (exact) mass is 402 g/mol. The van der Waals surface area contributed by atoms with Gasteiger partial charge in [0, 0.05) is 18.4 Å². The molecule has 0 radical (unpaired) electrons. The van der Waals surface area contributed by atoms with Crippen LogP contribution in [0.25, 0.3) is 0 Å². The van der Waals surface area contributed by atoms with E-state index in [0.29, 0.717) is 23.4 Å². The van der Waals surface area contributed by atoms with Crippen molar-refractivity contribution in [2.45, 2.75) is 12.5 Å². The van der Waals surface area contributed by atoms with E-state index in [1.165, 1.54) is 4.90 Å². The smallest absolute Gasteiger partial charge is 0.340 e. The predicted octanol–water partition coefficient (Wildman–Crippen LogP) is 2.11. The van der Waals surface area contributed by atoms with Gasteiger partial charge in [-0.05, 0) is 30.7 Å². The van der Waals surface area contributed by atoms with Crippen LogP contribution in [0.3, 0.4) is 0 Å². The van der Waals surface area contributed by atoms with E-state index in [0.717, 1.165) is 0 Å². The fraction of sp³-hybridized carbons (Fsp3) is 0.300. The van der Waals surface area contributed by atoms with Crippen LogP contribution in [0.4, 0.5) is 11.4 Å². The Hall–Kier alpha value is -2.87. The van der Waals surface area contributed by atoms with Gasteiger partial charge in [-0.1, -0.05) is 30.3 Å². The van der Waals surface area contributed by atoms with Gasteiger partial charge in [0.2, 0.25) is 0 Å². The van der Waals surface area contributed by atoms with Crippen molar-refractivity contribution >= 4 is 33.1 Å². The molecule has 2 aromatic rings. The first-order valence-electron chi connectivity index (χ1n) is 8.93. The maximum Gasteiger partial charge on any atom is 0.340 e. The van der Waals surface area contributed by atoms with Crippen LogP contribution in [-0.2, 0) is 19.4 Å². The van der Waals surface area contributed by atoms with Gasteiger partial charge in [0.25, 0.3) is 5.91 Å². The number of benzene rings is 2. The third-order valence-electron chi connectivity index (χ3n) is 4.62. The van der Waals surface area contributed by atoms with Crippen molar-refractivity contribution in [1.82, 2.24) is 0 Å². The number of nitrogens with zero attached hydrogens (tertiary/aromatic N) is 1. The zero-order chi connectivity index (χ0) is 20.1. The van der Waals surface area contributed by atoms with Crippen molar-refractivity contribution in [3.63, 3.8) is 0 Å². The molecular weight excluding hydrogens is 380 g/mol. The maximum atomic E-state index is 12.9. The van der Waals surface area contributed by atoms with Crippen molar-refractivity contribution in [2.75, 3.05) is 35.4 Å². The SMILES string of the molecule is CNc1ccccc1C(=O)OCC(=O)N(c1ccccc1)[C@H]1CCS(=O)(=O)C1. The van der Waals surface area contributed by atoms with Crippen molar-refractivity contribution < 1.29 is 22.7 Å². The second-order valence-corrected chi connectivity index (χ2v) is 8.76. The van der Waals surface area contributed by atoms with Gasteiger partial charge in [0.1, 0.15) is 0 Å². The van der Waals surface area contributed by atoms with Crippen molar-refractivity contribution in [2.24, 2.45) is 0 Å². The summed E-state index contributed by atoms with van der Waals surface area (Å²) in [6, 6.07) is 15.2. The van der Waals surface area contributed by atoms with E-state index in [1.807, 2.05) is 6.07 Å². The molecule has 8 heteroatoms. The topological polar surface area (TPSA) is 92.8 Å². The summed E-state index contributed by atoms with van der Waals surface area (Å²) in [5.41, 5.74) is 1.51.